The first-order valence-electron chi connectivity index (χ1n) is 2.81. The van der Waals surface area contributed by atoms with E-state index in [0.717, 1.165) is 6.07 Å². The summed E-state index contributed by atoms with van der Waals surface area (Å²) in [5, 5.41) is 0.231. The molecule has 0 atom stereocenters. The largest absolute Gasteiger partial charge is 0.332 e. The van der Waals surface area contributed by atoms with Crippen molar-refractivity contribution >= 4 is 44.4 Å². The molecule has 0 aliphatic heterocycles. The van der Waals surface area contributed by atoms with Crippen molar-refractivity contribution in [2.24, 2.45) is 0 Å². The number of hydrogen-bond acceptors (Lipinski definition) is 2. The van der Waals surface area contributed by atoms with Crippen molar-refractivity contribution in [2.75, 3.05) is 0 Å². The van der Waals surface area contributed by atoms with E-state index < -0.39 is 15.1 Å². The smallest absolute Gasteiger partial charge is 0.189 e. The molecule has 0 aliphatic rings. The highest BCUT2D eigenvalue weighted by atomic mass is 127. The Morgan fingerprint density at radius 2 is 2.00 bits per heavy atom. The Balaban J connectivity index is 3.33. The van der Waals surface area contributed by atoms with Gasteiger partial charge in [0.1, 0.15) is 4.90 Å². The van der Waals surface area contributed by atoms with E-state index in [1.165, 1.54) is 12.1 Å². The Hall–Kier alpha value is 0.120. The van der Waals surface area contributed by atoms with Crippen LogP contribution in [0, 0.1) is 3.57 Å². The van der Waals surface area contributed by atoms with Crippen LogP contribution in [0.25, 0.3) is 0 Å². The average molecular weight is 321 g/mol. The van der Waals surface area contributed by atoms with E-state index in [1.54, 1.807) is 0 Å². The van der Waals surface area contributed by atoms with Crippen LogP contribution in [-0.4, -0.2) is 8.42 Å². The van der Waals surface area contributed by atoms with Crippen molar-refractivity contribution in [3.63, 3.8) is 0 Å². The second-order valence-electron chi connectivity index (χ2n) is 2.01. The lowest BCUT2D eigenvalue weighted by Gasteiger charge is -1.97. The van der Waals surface area contributed by atoms with Crippen LogP contribution in [0.4, 0.5) is 3.89 Å². The summed E-state index contributed by atoms with van der Waals surface area (Å²) in [6, 6.07) is 3.69. The maximum Gasteiger partial charge on any atom is 0.332 e. The van der Waals surface area contributed by atoms with Crippen LogP contribution in [-0.2, 0) is 10.2 Å². The fourth-order valence-electron chi connectivity index (χ4n) is 0.629. The molecule has 0 bridgehead atoms. The number of halogens is 3. The molecule has 0 saturated carbocycles. The number of rotatable bonds is 1. The normalized spacial score (nSPS) is 11.6. The summed E-state index contributed by atoms with van der Waals surface area (Å²) < 4.78 is 33.8. The van der Waals surface area contributed by atoms with Gasteiger partial charge in [0.2, 0.25) is 0 Å². The third kappa shape index (κ3) is 2.30. The van der Waals surface area contributed by atoms with Crippen LogP contribution in [0.2, 0.25) is 5.02 Å². The SMILES string of the molecule is O=S(=O)(F)c1ccc(I)c(Cl)c1. The number of hydrogen-bond donors (Lipinski definition) is 0. The molecule has 0 spiro atoms. The van der Waals surface area contributed by atoms with Gasteiger partial charge in [-0.2, -0.15) is 8.42 Å². The molecule has 66 valence electrons. The van der Waals surface area contributed by atoms with Crippen molar-refractivity contribution < 1.29 is 12.3 Å². The van der Waals surface area contributed by atoms with Gasteiger partial charge in [0.15, 0.2) is 0 Å². The van der Waals surface area contributed by atoms with Gasteiger partial charge in [-0.25, -0.2) is 0 Å². The Labute approximate surface area is 88.1 Å². The van der Waals surface area contributed by atoms with Crippen LogP contribution < -0.4 is 0 Å². The van der Waals surface area contributed by atoms with Crippen molar-refractivity contribution in [1.29, 1.82) is 0 Å². The summed E-state index contributed by atoms with van der Waals surface area (Å²) in [7, 11) is -4.63. The van der Waals surface area contributed by atoms with Crippen molar-refractivity contribution in [2.45, 2.75) is 4.90 Å². The molecule has 0 amide bonds. The molecular formula is C6H3ClFIO2S. The van der Waals surface area contributed by atoms with E-state index in [9.17, 15) is 12.3 Å². The molecule has 0 aromatic heterocycles. The molecule has 0 radical (unpaired) electrons. The van der Waals surface area contributed by atoms with E-state index in [0.29, 0.717) is 3.57 Å². The van der Waals surface area contributed by atoms with Gasteiger partial charge < -0.3 is 0 Å². The molecule has 0 unspecified atom stereocenters. The molecule has 0 fully saturated rings. The summed E-state index contributed by atoms with van der Waals surface area (Å²) >= 11 is 7.50. The van der Waals surface area contributed by atoms with Crippen molar-refractivity contribution in [1.82, 2.24) is 0 Å². The van der Waals surface area contributed by atoms with Gasteiger partial charge in [-0.15, -0.1) is 3.89 Å². The second kappa shape index (κ2) is 3.47. The Morgan fingerprint density at radius 1 is 1.42 bits per heavy atom. The zero-order chi connectivity index (χ0) is 9.35. The van der Waals surface area contributed by atoms with Crippen LogP contribution in [0.1, 0.15) is 0 Å². The van der Waals surface area contributed by atoms with Gasteiger partial charge in [-0.3, -0.25) is 0 Å². The molecule has 1 aromatic carbocycles. The highest BCUT2D eigenvalue weighted by Gasteiger charge is 2.12. The molecule has 0 aliphatic carbocycles. The molecular weight excluding hydrogens is 317 g/mol. The summed E-state index contributed by atoms with van der Waals surface area (Å²) in [4.78, 5) is -0.409. The minimum atomic E-state index is -4.63. The van der Waals surface area contributed by atoms with E-state index in [1.807, 2.05) is 22.6 Å². The van der Waals surface area contributed by atoms with Gasteiger partial charge in [-0.05, 0) is 40.8 Å². The monoisotopic (exact) mass is 320 g/mol. The first-order valence-corrected chi connectivity index (χ1v) is 5.65. The van der Waals surface area contributed by atoms with Crippen LogP contribution >= 0.6 is 34.2 Å². The molecule has 1 rings (SSSR count). The fraction of sp³-hybridized carbons (Fsp3) is 0. The van der Waals surface area contributed by atoms with Crippen molar-refractivity contribution in [3.8, 4) is 0 Å². The second-order valence-corrected chi connectivity index (χ2v) is 4.93. The van der Waals surface area contributed by atoms with Gasteiger partial charge in [-0.1, -0.05) is 11.6 Å². The van der Waals surface area contributed by atoms with Gasteiger partial charge in [0.25, 0.3) is 0 Å². The molecule has 2 nitrogen and oxygen atoms in total. The molecule has 0 N–H and O–H groups in total. The lowest BCUT2D eigenvalue weighted by Crippen LogP contribution is -1.91. The Bertz CT molecular complexity index is 404. The maximum absolute atomic E-state index is 12.3. The van der Waals surface area contributed by atoms with E-state index >= 15 is 0 Å². The summed E-state index contributed by atoms with van der Waals surface area (Å²) in [6.45, 7) is 0. The lowest BCUT2D eigenvalue weighted by molar-refractivity contribution is 0.552. The number of benzene rings is 1. The summed E-state index contributed by atoms with van der Waals surface area (Å²) in [5.41, 5.74) is 0. The van der Waals surface area contributed by atoms with E-state index in [2.05, 4.69) is 0 Å². The Morgan fingerprint density at radius 3 is 2.42 bits per heavy atom. The van der Waals surface area contributed by atoms with Gasteiger partial charge >= 0.3 is 10.2 Å². The fourth-order valence-corrected chi connectivity index (χ4v) is 1.70. The third-order valence-electron chi connectivity index (χ3n) is 1.17. The highest BCUT2D eigenvalue weighted by molar-refractivity contribution is 14.1. The minimum Gasteiger partial charge on any atom is -0.189 e. The predicted molar refractivity (Wildman–Crippen MR) is 52.5 cm³/mol. The van der Waals surface area contributed by atoms with Crippen LogP contribution in [0.5, 0.6) is 0 Å². The summed E-state index contributed by atoms with van der Waals surface area (Å²) in [5.74, 6) is 0. The molecule has 0 heterocycles. The topological polar surface area (TPSA) is 34.1 Å². The van der Waals surface area contributed by atoms with E-state index in [-0.39, 0.29) is 5.02 Å². The molecule has 1 aromatic rings. The minimum absolute atomic E-state index is 0.231. The lowest BCUT2D eigenvalue weighted by atomic mass is 10.4. The zero-order valence-electron chi connectivity index (χ0n) is 5.59. The molecule has 12 heavy (non-hydrogen) atoms. The predicted octanol–water partition coefficient (Wildman–Crippen LogP) is 2.60. The highest BCUT2D eigenvalue weighted by Crippen LogP contribution is 2.22. The third-order valence-corrected chi connectivity index (χ3v) is 3.56. The first kappa shape index (κ1) is 10.2. The quantitative estimate of drug-likeness (QED) is 0.589. The Kier molecular flexibility index (Phi) is 2.95. The maximum atomic E-state index is 12.3. The first-order chi connectivity index (χ1) is 5.41. The zero-order valence-corrected chi connectivity index (χ0v) is 9.32. The molecule has 6 heteroatoms. The van der Waals surface area contributed by atoms with Gasteiger partial charge in [0, 0.05) is 3.57 Å². The van der Waals surface area contributed by atoms with E-state index in [4.69, 9.17) is 11.6 Å². The summed E-state index contributed by atoms with van der Waals surface area (Å²) in [6.07, 6.45) is 0. The van der Waals surface area contributed by atoms with Crippen LogP contribution in [0.3, 0.4) is 0 Å². The van der Waals surface area contributed by atoms with Crippen molar-refractivity contribution in [3.05, 3.63) is 26.8 Å². The molecule has 0 saturated heterocycles. The average Bonchev–Trinajstić information content (AvgIpc) is 1.92. The standard InChI is InChI=1S/C6H3ClFIO2S/c7-5-3-4(12(8,10)11)1-2-6(5)9/h1-3H. The van der Waals surface area contributed by atoms with Crippen LogP contribution in [0.15, 0.2) is 23.1 Å². The van der Waals surface area contributed by atoms with Gasteiger partial charge in [0.05, 0.1) is 5.02 Å².